The monoisotopic (exact) mass is 469 g/mol. The summed E-state index contributed by atoms with van der Waals surface area (Å²) < 4.78 is 19.2. The first-order valence-corrected chi connectivity index (χ1v) is 12.1. The molecule has 6 nitrogen and oxygen atoms in total. The Labute approximate surface area is 201 Å². The standard InChI is InChI=1S/C27H36FN3O3/c1-4-5-13-30-27(33)31-17-22(21-10-11-24(28)19(2)15-21)16-23(18-31)26(32)29-14-12-20-8-6-7-9-25(20)34-3/h6-11,15,22-23H,4-5,12-14,16-18H2,1-3H3,(H,29,32)(H,30,33)/t22-,23-/m0/s1. The number of rotatable bonds is 9. The molecule has 2 aromatic rings. The van der Waals surface area contributed by atoms with Gasteiger partial charge in [-0.3, -0.25) is 4.79 Å². The van der Waals surface area contributed by atoms with Gasteiger partial charge < -0.3 is 20.3 Å². The molecule has 184 valence electrons. The van der Waals surface area contributed by atoms with Crippen molar-refractivity contribution in [2.24, 2.45) is 5.92 Å². The highest BCUT2D eigenvalue weighted by Gasteiger charge is 2.34. The number of carbonyl (C=O) groups is 2. The summed E-state index contributed by atoms with van der Waals surface area (Å²) in [5.74, 6) is 0.119. The summed E-state index contributed by atoms with van der Waals surface area (Å²) in [7, 11) is 1.64. The average Bonchev–Trinajstić information content (AvgIpc) is 2.85. The average molecular weight is 470 g/mol. The minimum atomic E-state index is -0.335. The molecule has 0 bridgehead atoms. The molecule has 7 heteroatoms. The van der Waals surface area contributed by atoms with Gasteiger partial charge in [0.2, 0.25) is 5.91 Å². The lowest BCUT2D eigenvalue weighted by molar-refractivity contribution is -0.126. The fourth-order valence-corrected chi connectivity index (χ4v) is 4.48. The SMILES string of the molecule is CCCCNC(=O)N1C[C@@H](C(=O)NCCc2ccccc2OC)C[C@H](c2ccc(F)c(C)c2)C1. The van der Waals surface area contributed by atoms with E-state index in [2.05, 4.69) is 17.6 Å². The zero-order chi connectivity index (χ0) is 24.5. The number of piperidine rings is 1. The van der Waals surface area contributed by atoms with E-state index in [4.69, 9.17) is 4.74 Å². The third-order valence-electron chi connectivity index (χ3n) is 6.45. The van der Waals surface area contributed by atoms with Crippen molar-refractivity contribution in [3.05, 3.63) is 65.0 Å². The lowest BCUT2D eigenvalue weighted by atomic mass is 9.83. The van der Waals surface area contributed by atoms with Crippen molar-refractivity contribution in [1.82, 2.24) is 15.5 Å². The maximum Gasteiger partial charge on any atom is 0.317 e. The molecule has 0 radical (unpaired) electrons. The van der Waals surface area contributed by atoms with E-state index < -0.39 is 0 Å². The highest BCUT2D eigenvalue weighted by atomic mass is 19.1. The number of hydrogen-bond acceptors (Lipinski definition) is 3. The maximum atomic E-state index is 13.8. The van der Waals surface area contributed by atoms with E-state index in [9.17, 15) is 14.0 Å². The van der Waals surface area contributed by atoms with Crippen LogP contribution in [-0.2, 0) is 11.2 Å². The fourth-order valence-electron chi connectivity index (χ4n) is 4.48. The molecule has 0 aromatic heterocycles. The van der Waals surface area contributed by atoms with Crippen LogP contribution in [0.3, 0.4) is 0 Å². The lowest BCUT2D eigenvalue weighted by Gasteiger charge is -2.37. The molecule has 2 atom stereocenters. The van der Waals surface area contributed by atoms with Crippen molar-refractivity contribution in [3.8, 4) is 5.75 Å². The molecule has 0 spiro atoms. The van der Waals surface area contributed by atoms with Crippen molar-refractivity contribution in [2.45, 2.75) is 45.4 Å². The third-order valence-corrected chi connectivity index (χ3v) is 6.45. The highest BCUT2D eigenvalue weighted by Crippen LogP contribution is 2.31. The second kappa shape index (κ2) is 12.4. The Bertz CT molecular complexity index is 981. The molecular formula is C27H36FN3O3. The third kappa shape index (κ3) is 6.72. The largest absolute Gasteiger partial charge is 0.496 e. The van der Waals surface area contributed by atoms with E-state index in [1.807, 2.05) is 30.3 Å². The second-order valence-corrected chi connectivity index (χ2v) is 8.98. The summed E-state index contributed by atoms with van der Waals surface area (Å²) in [6.07, 6.45) is 3.18. The van der Waals surface area contributed by atoms with E-state index in [1.165, 1.54) is 6.07 Å². The molecule has 1 fully saturated rings. The van der Waals surface area contributed by atoms with E-state index in [0.29, 0.717) is 44.6 Å². The summed E-state index contributed by atoms with van der Waals surface area (Å²) in [5.41, 5.74) is 2.56. The molecule has 1 saturated heterocycles. The van der Waals surface area contributed by atoms with Crippen molar-refractivity contribution in [1.29, 1.82) is 0 Å². The van der Waals surface area contributed by atoms with Crippen LogP contribution in [0.15, 0.2) is 42.5 Å². The number of likely N-dealkylation sites (tertiary alicyclic amines) is 1. The topological polar surface area (TPSA) is 70.7 Å². The first-order chi connectivity index (χ1) is 16.4. The Morgan fingerprint density at radius 3 is 2.65 bits per heavy atom. The molecule has 3 amide bonds. The Balaban J connectivity index is 1.68. The Kier molecular flexibility index (Phi) is 9.31. The molecule has 1 aliphatic heterocycles. The molecule has 3 rings (SSSR count). The van der Waals surface area contributed by atoms with Crippen LogP contribution >= 0.6 is 0 Å². The number of urea groups is 1. The molecule has 2 N–H and O–H groups in total. The number of amides is 3. The number of ether oxygens (including phenoxy) is 1. The number of nitrogens with zero attached hydrogens (tertiary/aromatic N) is 1. The molecule has 0 unspecified atom stereocenters. The molecule has 1 heterocycles. The van der Waals surface area contributed by atoms with Gasteiger partial charge in [-0.15, -0.1) is 0 Å². The van der Waals surface area contributed by atoms with Gasteiger partial charge in [-0.25, -0.2) is 9.18 Å². The highest BCUT2D eigenvalue weighted by molar-refractivity contribution is 5.81. The molecule has 2 aromatic carbocycles. The molecular weight excluding hydrogens is 433 g/mol. The number of halogens is 1. The van der Waals surface area contributed by atoms with Crippen LogP contribution < -0.4 is 15.4 Å². The minimum Gasteiger partial charge on any atom is -0.496 e. The van der Waals surface area contributed by atoms with Gasteiger partial charge in [0.1, 0.15) is 11.6 Å². The molecule has 0 aliphatic carbocycles. The van der Waals surface area contributed by atoms with Gasteiger partial charge in [-0.1, -0.05) is 43.7 Å². The second-order valence-electron chi connectivity index (χ2n) is 8.98. The van der Waals surface area contributed by atoms with Gasteiger partial charge in [0, 0.05) is 32.1 Å². The predicted molar refractivity (Wildman–Crippen MR) is 132 cm³/mol. The van der Waals surface area contributed by atoms with Gasteiger partial charge in [0.05, 0.1) is 13.0 Å². The van der Waals surface area contributed by atoms with E-state index in [-0.39, 0.29) is 29.6 Å². The first kappa shape index (κ1) is 25.5. The van der Waals surface area contributed by atoms with E-state index in [0.717, 1.165) is 29.7 Å². The minimum absolute atomic E-state index is 0.0325. The smallest absolute Gasteiger partial charge is 0.317 e. The van der Waals surface area contributed by atoms with Gasteiger partial charge in [0.15, 0.2) is 0 Å². The summed E-state index contributed by atoms with van der Waals surface area (Å²) in [5, 5.41) is 6.01. The van der Waals surface area contributed by atoms with Crippen molar-refractivity contribution >= 4 is 11.9 Å². The number of benzene rings is 2. The van der Waals surface area contributed by atoms with Crippen LogP contribution in [0.25, 0.3) is 0 Å². The number of hydrogen-bond donors (Lipinski definition) is 2. The zero-order valence-corrected chi connectivity index (χ0v) is 20.4. The van der Waals surface area contributed by atoms with Gasteiger partial charge in [-0.2, -0.15) is 0 Å². The van der Waals surface area contributed by atoms with Crippen LogP contribution in [0.4, 0.5) is 9.18 Å². The van der Waals surface area contributed by atoms with Crippen molar-refractivity contribution in [3.63, 3.8) is 0 Å². The van der Waals surface area contributed by atoms with Gasteiger partial charge in [0.25, 0.3) is 0 Å². The molecule has 34 heavy (non-hydrogen) atoms. The number of carbonyl (C=O) groups excluding carboxylic acids is 2. The van der Waals surface area contributed by atoms with Gasteiger partial charge >= 0.3 is 6.03 Å². The summed E-state index contributed by atoms with van der Waals surface area (Å²) in [4.78, 5) is 27.7. The van der Waals surface area contributed by atoms with Crippen LogP contribution in [0.1, 0.15) is 48.8 Å². The lowest BCUT2D eigenvalue weighted by Crippen LogP contribution is -2.51. The Morgan fingerprint density at radius 1 is 1.12 bits per heavy atom. The number of para-hydroxylation sites is 1. The van der Waals surface area contributed by atoms with Crippen LogP contribution in [-0.4, -0.2) is 50.1 Å². The van der Waals surface area contributed by atoms with Crippen LogP contribution in [0.5, 0.6) is 5.75 Å². The fraction of sp³-hybridized carbons (Fsp3) is 0.481. The molecule has 1 aliphatic rings. The number of methoxy groups -OCH3 is 1. The Morgan fingerprint density at radius 2 is 1.91 bits per heavy atom. The predicted octanol–water partition coefficient (Wildman–Crippen LogP) is 4.42. The quantitative estimate of drug-likeness (QED) is 0.534. The summed E-state index contributed by atoms with van der Waals surface area (Å²) in [6, 6.07) is 12.7. The van der Waals surface area contributed by atoms with E-state index in [1.54, 1.807) is 25.0 Å². The van der Waals surface area contributed by atoms with Crippen LogP contribution in [0.2, 0.25) is 0 Å². The number of unbranched alkanes of at least 4 members (excludes halogenated alkanes) is 1. The Hall–Kier alpha value is -3.09. The van der Waals surface area contributed by atoms with Crippen molar-refractivity contribution in [2.75, 3.05) is 33.3 Å². The summed E-state index contributed by atoms with van der Waals surface area (Å²) >= 11 is 0. The molecule has 0 saturated carbocycles. The normalized spacial score (nSPS) is 17.8. The summed E-state index contributed by atoms with van der Waals surface area (Å²) in [6.45, 7) is 5.79. The number of aryl methyl sites for hydroxylation is 1. The maximum absolute atomic E-state index is 13.8. The van der Waals surface area contributed by atoms with Crippen molar-refractivity contribution < 1.29 is 18.7 Å². The van der Waals surface area contributed by atoms with E-state index >= 15 is 0 Å². The zero-order valence-electron chi connectivity index (χ0n) is 20.4. The first-order valence-electron chi connectivity index (χ1n) is 12.1. The van der Waals surface area contributed by atoms with Gasteiger partial charge in [-0.05, 0) is 55.0 Å². The van der Waals surface area contributed by atoms with Crippen LogP contribution in [0, 0.1) is 18.7 Å². The number of nitrogens with one attached hydrogen (secondary N) is 2.